The fourth-order valence-electron chi connectivity index (χ4n) is 3.50. The van der Waals surface area contributed by atoms with E-state index in [2.05, 4.69) is 55.7 Å². The molecular formula is C25H17BrN4. The van der Waals surface area contributed by atoms with Crippen molar-refractivity contribution in [1.29, 1.82) is 0 Å². The summed E-state index contributed by atoms with van der Waals surface area (Å²) >= 11 is 3.61. The molecule has 144 valence electrons. The quantitative estimate of drug-likeness (QED) is 0.245. The lowest BCUT2D eigenvalue weighted by Crippen LogP contribution is -2.00. The van der Waals surface area contributed by atoms with E-state index < -0.39 is 0 Å². The van der Waals surface area contributed by atoms with Gasteiger partial charge in [0.15, 0.2) is 0 Å². The van der Waals surface area contributed by atoms with E-state index in [1.165, 1.54) is 0 Å². The molecule has 0 saturated heterocycles. The summed E-state index contributed by atoms with van der Waals surface area (Å²) in [5.41, 5.74) is 6.83. The third kappa shape index (κ3) is 3.55. The molecule has 0 atom stereocenters. The van der Waals surface area contributed by atoms with Crippen LogP contribution in [0.3, 0.4) is 0 Å². The molecule has 1 N–H and O–H groups in total. The monoisotopic (exact) mass is 452 g/mol. The summed E-state index contributed by atoms with van der Waals surface area (Å²) in [7, 11) is 0. The fourth-order valence-corrected chi connectivity index (χ4v) is 3.98. The van der Waals surface area contributed by atoms with Crippen LogP contribution in [0.5, 0.6) is 0 Å². The molecule has 5 rings (SSSR count). The number of rotatable bonds is 4. The molecule has 0 unspecified atom stereocenters. The van der Waals surface area contributed by atoms with Crippen molar-refractivity contribution in [3.8, 4) is 11.3 Å². The van der Waals surface area contributed by atoms with Gasteiger partial charge in [-0.2, -0.15) is 5.10 Å². The molecule has 30 heavy (non-hydrogen) atoms. The van der Waals surface area contributed by atoms with Crippen LogP contribution in [0.15, 0.2) is 101 Å². The first-order valence-electron chi connectivity index (χ1n) is 9.58. The number of anilines is 1. The first kappa shape index (κ1) is 18.5. The van der Waals surface area contributed by atoms with Crippen molar-refractivity contribution in [2.75, 3.05) is 5.43 Å². The first-order chi connectivity index (χ1) is 14.8. The van der Waals surface area contributed by atoms with E-state index in [9.17, 15) is 0 Å². The van der Waals surface area contributed by atoms with Gasteiger partial charge in [-0.1, -0.05) is 94.8 Å². The number of halogens is 1. The third-order valence-corrected chi connectivity index (χ3v) is 5.61. The molecular weight excluding hydrogens is 436 g/mol. The van der Waals surface area contributed by atoms with E-state index in [4.69, 9.17) is 4.98 Å². The van der Waals surface area contributed by atoms with Crippen LogP contribution in [0.4, 0.5) is 5.95 Å². The second-order valence-corrected chi connectivity index (χ2v) is 7.69. The molecule has 4 aromatic carbocycles. The van der Waals surface area contributed by atoms with Crippen molar-refractivity contribution >= 4 is 49.8 Å². The number of nitrogens with zero attached hydrogens (tertiary/aromatic N) is 3. The van der Waals surface area contributed by atoms with Gasteiger partial charge in [0, 0.05) is 21.0 Å². The summed E-state index contributed by atoms with van der Waals surface area (Å²) in [6.45, 7) is 0. The van der Waals surface area contributed by atoms with Gasteiger partial charge in [-0.05, 0) is 22.9 Å². The molecule has 5 aromatic rings. The number of hydrogen-bond acceptors (Lipinski definition) is 4. The summed E-state index contributed by atoms with van der Waals surface area (Å²) in [5, 5.41) is 7.70. The van der Waals surface area contributed by atoms with Gasteiger partial charge in [-0.15, -0.1) is 0 Å². The van der Waals surface area contributed by atoms with Gasteiger partial charge in [0.25, 0.3) is 0 Å². The molecule has 1 heterocycles. The number of para-hydroxylation sites is 1. The molecule has 0 saturated carbocycles. The molecule has 4 nitrogen and oxygen atoms in total. The Morgan fingerprint density at radius 2 is 1.40 bits per heavy atom. The van der Waals surface area contributed by atoms with Gasteiger partial charge < -0.3 is 0 Å². The summed E-state index contributed by atoms with van der Waals surface area (Å²) in [6.07, 6.45) is 1.80. The van der Waals surface area contributed by atoms with Crippen LogP contribution in [0.2, 0.25) is 0 Å². The van der Waals surface area contributed by atoms with E-state index in [0.717, 1.165) is 43.0 Å². The van der Waals surface area contributed by atoms with Gasteiger partial charge in [-0.3, -0.25) is 0 Å². The van der Waals surface area contributed by atoms with E-state index in [1.807, 2.05) is 66.7 Å². The Morgan fingerprint density at radius 3 is 2.23 bits per heavy atom. The van der Waals surface area contributed by atoms with Crippen molar-refractivity contribution in [2.45, 2.75) is 0 Å². The van der Waals surface area contributed by atoms with Crippen molar-refractivity contribution in [1.82, 2.24) is 9.97 Å². The molecule has 0 fully saturated rings. The minimum absolute atomic E-state index is 0.463. The summed E-state index contributed by atoms with van der Waals surface area (Å²) in [4.78, 5) is 9.36. The van der Waals surface area contributed by atoms with Gasteiger partial charge in [0.05, 0.1) is 17.4 Å². The number of hydrogen-bond donors (Lipinski definition) is 1. The smallest absolute Gasteiger partial charge is 0.244 e. The first-order valence-corrected chi connectivity index (χ1v) is 10.4. The molecule has 0 radical (unpaired) electrons. The predicted octanol–water partition coefficient (Wildman–Crippen LogP) is 6.66. The van der Waals surface area contributed by atoms with Crippen molar-refractivity contribution in [3.63, 3.8) is 0 Å². The Bertz CT molecular complexity index is 1380. The van der Waals surface area contributed by atoms with E-state index in [1.54, 1.807) is 6.21 Å². The van der Waals surface area contributed by atoms with Crippen LogP contribution in [-0.4, -0.2) is 16.2 Å². The molecule has 1 aromatic heterocycles. The normalized spacial score (nSPS) is 11.4. The van der Waals surface area contributed by atoms with Crippen molar-refractivity contribution < 1.29 is 0 Å². The Kier molecular flexibility index (Phi) is 4.95. The molecule has 5 heteroatoms. The van der Waals surface area contributed by atoms with E-state index in [-0.39, 0.29) is 0 Å². The largest absolute Gasteiger partial charge is 0.245 e. The number of aromatic nitrogens is 2. The molecule has 0 aliphatic rings. The highest BCUT2D eigenvalue weighted by atomic mass is 79.9. The van der Waals surface area contributed by atoms with E-state index in [0.29, 0.717) is 5.95 Å². The zero-order valence-corrected chi connectivity index (χ0v) is 17.5. The number of benzene rings is 4. The van der Waals surface area contributed by atoms with Crippen LogP contribution >= 0.6 is 15.9 Å². The minimum atomic E-state index is 0.463. The Morgan fingerprint density at radius 1 is 0.700 bits per heavy atom. The maximum atomic E-state index is 4.74. The lowest BCUT2D eigenvalue weighted by Gasteiger charge is -2.08. The minimum Gasteiger partial charge on any atom is -0.245 e. The van der Waals surface area contributed by atoms with Crippen LogP contribution in [0.1, 0.15) is 5.56 Å². The topological polar surface area (TPSA) is 50.2 Å². The number of nitrogens with one attached hydrogen (secondary N) is 1. The second kappa shape index (κ2) is 8.05. The van der Waals surface area contributed by atoms with Gasteiger partial charge in [0.2, 0.25) is 5.95 Å². The summed E-state index contributed by atoms with van der Waals surface area (Å²) in [6, 6.07) is 30.4. The van der Waals surface area contributed by atoms with Crippen LogP contribution < -0.4 is 5.43 Å². The summed E-state index contributed by atoms with van der Waals surface area (Å²) < 4.78 is 1.06. The maximum absolute atomic E-state index is 4.74. The van der Waals surface area contributed by atoms with Crippen LogP contribution in [0.25, 0.3) is 32.9 Å². The average molecular weight is 453 g/mol. The SMILES string of the molecule is Brc1ccc(/C=N/Nc2nc(-c3ccccc3)c3ccccc3n2)c2ccccc12. The molecule has 0 aliphatic carbocycles. The van der Waals surface area contributed by atoms with Crippen molar-refractivity contribution in [3.05, 3.63) is 101 Å². The lowest BCUT2D eigenvalue weighted by atomic mass is 10.1. The van der Waals surface area contributed by atoms with E-state index >= 15 is 0 Å². The highest BCUT2D eigenvalue weighted by Crippen LogP contribution is 2.28. The maximum Gasteiger partial charge on any atom is 0.244 e. The van der Waals surface area contributed by atoms with Gasteiger partial charge in [0.1, 0.15) is 0 Å². The number of fused-ring (bicyclic) bond motifs is 2. The zero-order valence-electron chi connectivity index (χ0n) is 16.0. The fraction of sp³-hybridized carbons (Fsp3) is 0. The number of hydrazone groups is 1. The van der Waals surface area contributed by atoms with Crippen LogP contribution in [-0.2, 0) is 0 Å². The lowest BCUT2D eigenvalue weighted by molar-refractivity contribution is 1.16. The highest BCUT2D eigenvalue weighted by molar-refractivity contribution is 9.10. The average Bonchev–Trinajstić information content (AvgIpc) is 2.81. The Labute approximate surface area is 182 Å². The van der Waals surface area contributed by atoms with Crippen molar-refractivity contribution in [2.24, 2.45) is 5.10 Å². The predicted molar refractivity (Wildman–Crippen MR) is 128 cm³/mol. The van der Waals surface area contributed by atoms with Gasteiger partial charge in [-0.25, -0.2) is 15.4 Å². The Hall–Kier alpha value is -3.57. The van der Waals surface area contributed by atoms with Gasteiger partial charge >= 0.3 is 0 Å². The Balaban J connectivity index is 1.52. The molecule has 0 aliphatic heterocycles. The second-order valence-electron chi connectivity index (χ2n) is 6.83. The highest BCUT2D eigenvalue weighted by Gasteiger charge is 2.09. The summed E-state index contributed by atoms with van der Waals surface area (Å²) in [5.74, 6) is 0.463. The molecule has 0 spiro atoms. The van der Waals surface area contributed by atoms with Crippen LogP contribution in [0, 0.1) is 0 Å². The zero-order chi connectivity index (χ0) is 20.3. The standard InChI is InChI=1S/C25H17BrN4/c26-22-15-14-18(19-10-4-5-11-20(19)22)16-27-30-25-28-23-13-7-6-12-21(23)24(29-25)17-8-2-1-3-9-17/h1-16H,(H,28,29,30)/b27-16+. The third-order valence-electron chi connectivity index (χ3n) is 4.92. The molecule has 0 amide bonds. The molecule has 0 bridgehead atoms.